The van der Waals surface area contributed by atoms with Gasteiger partial charge in [-0.25, -0.2) is 23.1 Å². The van der Waals surface area contributed by atoms with Gasteiger partial charge in [0.05, 0.1) is 4.90 Å². The molecule has 1 fully saturated rings. The second-order valence-electron chi connectivity index (χ2n) is 6.77. The molecule has 2 aromatic heterocycles. The molecule has 4 rings (SSSR count). The number of fused-ring (bicyclic) bond motifs is 1. The number of thiazole rings is 1. The molecular formula is C20H21N5O3S2. The number of hydrogen-bond acceptors (Lipinski definition) is 7. The first-order valence-corrected chi connectivity index (χ1v) is 11.7. The van der Waals surface area contributed by atoms with Crippen LogP contribution in [0.2, 0.25) is 0 Å². The van der Waals surface area contributed by atoms with E-state index in [-0.39, 0.29) is 17.3 Å². The lowest BCUT2D eigenvalue weighted by atomic mass is 10.2. The smallest absolute Gasteiger partial charge is 0.253 e. The zero-order chi connectivity index (χ0) is 21.1. The molecule has 3 aromatic rings. The van der Waals surface area contributed by atoms with Crippen LogP contribution in [-0.2, 0) is 10.0 Å². The highest BCUT2D eigenvalue weighted by Crippen LogP contribution is 2.27. The summed E-state index contributed by atoms with van der Waals surface area (Å²) in [6.45, 7) is 6.16. The first kappa shape index (κ1) is 20.5. The molecule has 30 heavy (non-hydrogen) atoms. The molecule has 1 saturated heterocycles. The topological polar surface area (TPSA) is 95.5 Å². The molecule has 0 saturated carbocycles. The maximum Gasteiger partial charge on any atom is 0.253 e. The molecule has 1 amide bonds. The van der Waals surface area contributed by atoms with E-state index in [9.17, 15) is 13.2 Å². The summed E-state index contributed by atoms with van der Waals surface area (Å²) < 4.78 is 26.7. The molecule has 156 valence electrons. The van der Waals surface area contributed by atoms with E-state index in [0.29, 0.717) is 31.7 Å². The van der Waals surface area contributed by atoms with Crippen molar-refractivity contribution in [3.8, 4) is 0 Å². The lowest BCUT2D eigenvalue weighted by Crippen LogP contribution is -2.48. The summed E-state index contributed by atoms with van der Waals surface area (Å²) in [5, 5.41) is 0.914. The lowest BCUT2D eigenvalue weighted by molar-refractivity contribution is 0.0746. The van der Waals surface area contributed by atoms with Crippen molar-refractivity contribution in [2.45, 2.75) is 4.90 Å². The van der Waals surface area contributed by atoms with Crippen molar-refractivity contribution in [2.75, 3.05) is 37.6 Å². The Balaban J connectivity index is 1.39. The molecule has 3 heterocycles. The number of carbonyl (C=O) groups excluding carboxylic acids is 1. The van der Waals surface area contributed by atoms with Gasteiger partial charge in [0.25, 0.3) is 5.91 Å². The highest BCUT2D eigenvalue weighted by Gasteiger charge is 2.24. The number of nitrogens with one attached hydrogen (secondary N) is 1. The molecule has 0 spiro atoms. The Labute approximate surface area is 178 Å². The van der Waals surface area contributed by atoms with E-state index in [1.54, 1.807) is 34.6 Å². The van der Waals surface area contributed by atoms with Gasteiger partial charge in [0.1, 0.15) is 10.3 Å². The van der Waals surface area contributed by atoms with Crippen LogP contribution in [0, 0.1) is 0 Å². The third kappa shape index (κ3) is 4.20. The van der Waals surface area contributed by atoms with Crippen molar-refractivity contribution in [3.63, 3.8) is 0 Å². The monoisotopic (exact) mass is 443 g/mol. The van der Waals surface area contributed by atoms with Gasteiger partial charge in [-0.2, -0.15) is 0 Å². The molecule has 1 N–H and O–H groups in total. The Morgan fingerprint density at radius 1 is 1.17 bits per heavy atom. The summed E-state index contributed by atoms with van der Waals surface area (Å²) >= 11 is 1.55. The molecule has 1 aliphatic rings. The Hall–Kier alpha value is -2.82. The number of amides is 1. The van der Waals surface area contributed by atoms with E-state index in [0.717, 1.165) is 15.5 Å². The third-order valence-electron chi connectivity index (χ3n) is 4.82. The Kier molecular flexibility index (Phi) is 5.80. The van der Waals surface area contributed by atoms with Gasteiger partial charge in [0.2, 0.25) is 10.0 Å². The molecule has 0 atom stereocenters. The van der Waals surface area contributed by atoms with Crippen LogP contribution >= 0.6 is 11.3 Å². The molecular weight excluding hydrogens is 422 g/mol. The first-order valence-electron chi connectivity index (χ1n) is 9.44. The minimum absolute atomic E-state index is 0.108. The number of rotatable bonds is 6. The molecule has 0 radical (unpaired) electrons. The van der Waals surface area contributed by atoms with E-state index in [1.165, 1.54) is 18.2 Å². The number of carbonyl (C=O) groups is 1. The normalized spacial score (nSPS) is 14.8. The summed E-state index contributed by atoms with van der Waals surface area (Å²) in [6, 6.07) is 9.81. The summed E-state index contributed by atoms with van der Waals surface area (Å²) in [6.07, 6.45) is 3.23. The maximum atomic E-state index is 12.8. The summed E-state index contributed by atoms with van der Waals surface area (Å²) in [7, 11) is -3.60. The predicted octanol–water partition coefficient (Wildman–Crippen LogP) is 2.12. The highest BCUT2D eigenvalue weighted by molar-refractivity contribution is 7.89. The summed E-state index contributed by atoms with van der Waals surface area (Å²) in [5.41, 5.74) is 1.35. The zero-order valence-corrected chi connectivity index (χ0v) is 17.8. The van der Waals surface area contributed by atoms with E-state index in [1.807, 2.05) is 12.1 Å². The molecule has 1 aliphatic heterocycles. The Bertz CT molecular complexity index is 1130. The summed E-state index contributed by atoms with van der Waals surface area (Å²) in [5.74, 6) is -0.108. The number of benzene rings is 1. The standard InChI is InChI=1S/C20H21N5O3S2/c1-2-9-22-30(27,28)16-7-5-15(6-8-16)19(26)24-11-13-25(14-12-24)20-23-17-4-3-10-21-18(17)29-20/h2-8,10,22H,1,9,11-14H2. The number of nitrogens with zero attached hydrogens (tertiary/aromatic N) is 4. The summed E-state index contributed by atoms with van der Waals surface area (Å²) in [4.78, 5) is 26.8. The average molecular weight is 444 g/mol. The third-order valence-corrected chi connectivity index (χ3v) is 7.30. The first-order chi connectivity index (χ1) is 14.5. The van der Waals surface area contributed by atoms with Crippen LogP contribution in [0.3, 0.4) is 0 Å². The van der Waals surface area contributed by atoms with E-state index in [4.69, 9.17) is 0 Å². The molecule has 1 aromatic carbocycles. The molecule has 0 unspecified atom stereocenters. The van der Waals surface area contributed by atoms with Gasteiger partial charge in [-0.3, -0.25) is 4.79 Å². The van der Waals surface area contributed by atoms with Crippen molar-refractivity contribution in [2.24, 2.45) is 0 Å². The van der Waals surface area contributed by atoms with Crippen LogP contribution in [-0.4, -0.2) is 61.9 Å². The van der Waals surface area contributed by atoms with Gasteiger partial charge >= 0.3 is 0 Å². The zero-order valence-electron chi connectivity index (χ0n) is 16.2. The van der Waals surface area contributed by atoms with Gasteiger partial charge in [-0.15, -0.1) is 6.58 Å². The van der Waals surface area contributed by atoms with E-state index >= 15 is 0 Å². The van der Waals surface area contributed by atoms with Crippen LogP contribution < -0.4 is 9.62 Å². The van der Waals surface area contributed by atoms with Crippen molar-refractivity contribution in [3.05, 3.63) is 60.8 Å². The highest BCUT2D eigenvalue weighted by atomic mass is 32.2. The van der Waals surface area contributed by atoms with Gasteiger partial charge < -0.3 is 9.80 Å². The minimum Gasteiger partial charge on any atom is -0.344 e. The lowest BCUT2D eigenvalue weighted by Gasteiger charge is -2.34. The Morgan fingerprint density at radius 2 is 1.90 bits per heavy atom. The molecule has 0 bridgehead atoms. The molecule has 8 nitrogen and oxygen atoms in total. The fourth-order valence-electron chi connectivity index (χ4n) is 3.21. The number of aromatic nitrogens is 2. The van der Waals surface area contributed by atoms with Gasteiger partial charge in [0, 0.05) is 44.5 Å². The maximum absolute atomic E-state index is 12.8. The fourth-order valence-corrected chi connectivity index (χ4v) is 5.16. The fraction of sp³-hybridized carbons (Fsp3) is 0.250. The largest absolute Gasteiger partial charge is 0.344 e. The van der Waals surface area contributed by atoms with Crippen LogP contribution in [0.25, 0.3) is 10.3 Å². The second-order valence-corrected chi connectivity index (χ2v) is 9.49. The van der Waals surface area contributed by atoms with Gasteiger partial charge in [0.15, 0.2) is 5.13 Å². The van der Waals surface area contributed by atoms with E-state index < -0.39 is 10.0 Å². The Morgan fingerprint density at radius 3 is 2.57 bits per heavy atom. The number of hydrogen-bond donors (Lipinski definition) is 1. The number of anilines is 1. The molecule has 0 aliphatic carbocycles. The van der Waals surface area contributed by atoms with Gasteiger partial charge in [-0.1, -0.05) is 17.4 Å². The van der Waals surface area contributed by atoms with Crippen molar-refractivity contribution in [1.29, 1.82) is 0 Å². The van der Waals surface area contributed by atoms with Gasteiger partial charge in [-0.05, 0) is 36.4 Å². The van der Waals surface area contributed by atoms with Crippen LogP contribution in [0.4, 0.5) is 5.13 Å². The van der Waals surface area contributed by atoms with Crippen molar-refractivity contribution >= 4 is 42.7 Å². The quantitative estimate of drug-likeness (QED) is 0.587. The van der Waals surface area contributed by atoms with Crippen molar-refractivity contribution < 1.29 is 13.2 Å². The van der Waals surface area contributed by atoms with Crippen LogP contribution in [0.5, 0.6) is 0 Å². The van der Waals surface area contributed by atoms with E-state index in [2.05, 4.69) is 26.2 Å². The molecule has 10 heteroatoms. The van der Waals surface area contributed by atoms with Crippen LogP contribution in [0.15, 0.2) is 60.1 Å². The van der Waals surface area contributed by atoms with Crippen LogP contribution in [0.1, 0.15) is 10.4 Å². The second kappa shape index (κ2) is 8.50. The number of sulfonamides is 1. The number of piperazine rings is 1. The minimum atomic E-state index is -3.60. The number of pyridine rings is 1. The average Bonchev–Trinajstić information content (AvgIpc) is 3.22. The predicted molar refractivity (Wildman–Crippen MR) is 117 cm³/mol. The van der Waals surface area contributed by atoms with Crippen molar-refractivity contribution in [1.82, 2.24) is 19.6 Å². The SMILES string of the molecule is C=CCNS(=O)(=O)c1ccc(C(=O)N2CCN(c3nc4cccnc4s3)CC2)cc1.